The van der Waals surface area contributed by atoms with Crippen molar-refractivity contribution in [3.63, 3.8) is 0 Å². The second-order valence-corrected chi connectivity index (χ2v) is 12.2. The SMILES string of the molecule is C=CCOc1c(Br)cc(C(C)(C)c2cc(Br)c(OCC=C)c(Br)c2OCC(C)O)c(OCC(C)O)c1Br. The molecule has 0 bridgehead atoms. The summed E-state index contributed by atoms with van der Waals surface area (Å²) in [5, 5.41) is 19.9. The van der Waals surface area contributed by atoms with E-state index in [1.54, 1.807) is 26.0 Å². The number of halogens is 4. The van der Waals surface area contributed by atoms with E-state index in [2.05, 4.69) is 76.9 Å². The lowest BCUT2D eigenvalue weighted by Gasteiger charge is -2.32. The number of benzene rings is 2. The van der Waals surface area contributed by atoms with Gasteiger partial charge in [-0.15, -0.1) is 0 Å². The van der Waals surface area contributed by atoms with Crippen LogP contribution in [-0.4, -0.2) is 48.8 Å². The van der Waals surface area contributed by atoms with Gasteiger partial charge in [0.25, 0.3) is 0 Å². The van der Waals surface area contributed by atoms with Gasteiger partial charge in [0.1, 0.15) is 46.9 Å². The molecule has 0 spiro atoms. The number of ether oxygens (including phenoxy) is 4. The Hall–Kier alpha value is -1.04. The average molecular weight is 772 g/mol. The average Bonchev–Trinajstić information content (AvgIpc) is 2.81. The van der Waals surface area contributed by atoms with Gasteiger partial charge < -0.3 is 29.2 Å². The molecule has 10 heteroatoms. The largest absolute Gasteiger partial charge is 0.489 e. The molecule has 2 N–H and O–H groups in total. The molecule has 2 aromatic rings. The van der Waals surface area contributed by atoms with E-state index in [4.69, 9.17) is 18.9 Å². The van der Waals surface area contributed by atoms with E-state index in [0.29, 0.717) is 54.1 Å². The molecule has 0 aliphatic heterocycles. The van der Waals surface area contributed by atoms with E-state index in [0.717, 1.165) is 11.1 Å². The maximum Gasteiger partial charge on any atom is 0.151 e. The third-order valence-electron chi connectivity index (χ3n) is 5.24. The fraction of sp³-hybridized carbons (Fsp3) is 0.407. The lowest BCUT2D eigenvalue weighted by atomic mass is 9.77. The summed E-state index contributed by atoms with van der Waals surface area (Å²) < 4.78 is 26.6. The minimum absolute atomic E-state index is 0.0807. The van der Waals surface area contributed by atoms with E-state index in [-0.39, 0.29) is 13.2 Å². The molecule has 6 nitrogen and oxygen atoms in total. The Bertz CT molecular complexity index is 1030. The van der Waals surface area contributed by atoms with Gasteiger partial charge in [-0.3, -0.25) is 0 Å². The normalized spacial score (nSPS) is 13.0. The Morgan fingerprint density at radius 1 is 0.730 bits per heavy atom. The zero-order chi connectivity index (χ0) is 27.9. The molecule has 2 unspecified atom stereocenters. The van der Waals surface area contributed by atoms with E-state index >= 15 is 0 Å². The van der Waals surface area contributed by atoms with E-state index < -0.39 is 17.6 Å². The minimum Gasteiger partial charge on any atom is -0.489 e. The van der Waals surface area contributed by atoms with Crippen LogP contribution in [0, 0.1) is 0 Å². The fourth-order valence-electron chi connectivity index (χ4n) is 3.48. The maximum absolute atomic E-state index is 9.95. The number of hydrogen-bond acceptors (Lipinski definition) is 6. The first kappa shape index (κ1) is 32.2. The fourth-order valence-corrected chi connectivity index (χ4v) is 6.41. The van der Waals surface area contributed by atoms with Crippen LogP contribution in [0.4, 0.5) is 0 Å². The van der Waals surface area contributed by atoms with E-state index in [9.17, 15) is 10.2 Å². The minimum atomic E-state index is -0.702. The Labute approximate surface area is 252 Å². The van der Waals surface area contributed by atoms with Gasteiger partial charge in [-0.05, 0) is 89.7 Å². The molecule has 2 atom stereocenters. The van der Waals surface area contributed by atoms with Crippen LogP contribution in [0.3, 0.4) is 0 Å². The Balaban J connectivity index is 2.82. The number of hydrogen-bond donors (Lipinski definition) is 2. The summed E-state index contributed by atoms with van der Waals surface area (Å²) in [5.41, 5.74) is 0.906. The van der Waals surface area contributed by atoms with Crippen LogP contribution in [0.25, 0.3) is 0 Å². The molecule has 0 aliphatic carbocycles. The zero-order valence-electron chi connectivity index (χ0n) is 21.2. The molecular weight excluding hydrogens is 740 g/mol. The van der Waals surface area contributed by atoms with Gasteiger partial charge in [0.05, 0.1) is 21.2 Å². The molecular formula is C27H32Br4O6. The quantitative estimate of drug-likeness (QED) is 0.192. The summed E-state index contributed by atoms with van der Waals surface area (Å²) >= 11 is 14.6. The second-order valence-electron chi connectivity index (χ2n) is 8.90. The first-order valence-electron chi connectivity index (χ1n) is 11.5. The van der Waals surface area contributed by atoms with Crippen molar-refractivity contribution in [2.75, 3.05) is 26.4 Å². The third kappa shape index (κ3) is 7.99. The third-order valence-corrected chi connectivity index (χ3v) is 7.86. The Morgan fingerprint density at radius 3 is 1.38 bits per heavy atom. The summed E-state index contributed by atoms with van der Waals surface area (Å²) in [7, 11) is 0. The molecule has 0 aromatic heterocycles. The molecule has 204 valence electrons. The summed E-state index contributed by atoms with van der Waals surface area (Å²) in [6, 6.07) is 3.87. The molecule has 0 radical (unpaired) electrons. The standard InChI is InChI=1S/C27H32Br4O6/c1-7-9-34-25-19(28)11-17(23(21(25)30)36-13-15(3)32)27(5,6)18-12-20(29)26(35-10-8-2)22(31)24(18)37-14-16(4)33/h7-8,11-12,15-16,32-33H,1-2,9-10,13-14H2,3-6H3. The van der Waals surface area contributed by atoms with Gasteiger partial charge in [0.2, 0.25) is 0 Å². The molecule has 0 aliphatic rings. The highest BCUT2D eigenvalue weighted by molar-refractivity contribution is 9.11. The van der Waals surface area contributed by atoms with Gasteiger partial charge in [-0.25, -0.2) is 0 Å². The van der Waals surface area contributed by atoms with Crippen LogP contribution in [-0.2, 0) is 5.41 Å². The maximum atomic E-state index is 9.95. The van der Waals surface area contributed by atoms with Crippen LogP contribution in [0.15, 0.2) is 55.3 Å². The monoisotopic (exact) mass is 768 g/mol. The first-order valence-corrected chi connectivity index (χ1v) is 14.7. The molecule has 0 amide bonds. The first-order chi connectivity index (χ1) is 17.4. The van der Waals surface area contributed by atoms with Crippen LogP contribution in [0.1, 0.15) is 38.8 Å². The number of rotatable bonds is 14. The van der Waals surface area contributed by atoms with Crippen LogP contribution < -0.4 is 18.9 Å². The van der Waals surface area contributed by atoms with E-state index in [1.165, 1.54) is 0 Å². The highest BCUT2D eigenvalue weighted by Crippen LogP contribution is 2.53. The van der Waals surface area contributed by atoms with Crippen LogP contribution >= 0.6 is 63.7 Å². The Kier molecular flexibility index (Phi) is 12.5. The number of aliphatic hydroxyl groups excluding tert-OH is 2. The molecule has 0 saturated carbocycles. The summed E-state index contributed by atoms with van der Waals surface area (Å²) in [4.78, 5) is 0. The van der Waals surface area contributed by atoms with Gasteiger partial charge in [-0.2, -0.15) is 0 Å². The van der Waals surface area contributed by atoms with Gasteiger partial charge >= 0.3 is 0 Å². The van der Waals surface area contributed by atoms with E-state index in [1.807, 2.05) is 26.0 Å². The van der Waals surface area contributed by atoms with Crippen molar-refractivity contribution in [3.8, 4) is 23.0 Å². The lowest BCUT2D eigenvalue weighted by molar-refractivity contribution is 0.119. The molecule has 37 heavy (non-hydrogen) atoms. The summed E-state index contributed by atoms with van der Waals surface area (Å²) in [5.74, 6) is 2.16. The van der Waals surface area contributed by atoms with Gasteiger partial charge in [0.15, 0.2) is 11.5 Å². The molecule has 0 saturated heterocycles. The Morgan fingerprint density at radius 2 is 1.08 bits per heavy atom. The summed E-state index contributed by atoms with van der Waals surface area (Å²) in [6.07, 6.45) is 1.95. The van der Waals surface area contributed by atoms with Crippen molar-refractivity contribution in [2.45, 2.75) is 45.3 Å². The molecule has 0 heterocycles. The smallest absolute Gasteiger partial charge is 0.151 e. The van der Waals surface area contributed by atoms with Crippen LogP contribution in [0.2, 0.25) is 0 Å². The van der Waals surface area contributed by atoms with Crippen molar-refractivity contribution in [1.29, 1.82) is 0 Å². The van der Waals surface area contributed by atoms with Crippen molar-refractivity contribution >= 4 is 63.7 Å². The highest BCUT2D eigenvalue weighted by atomic mass is 79.9. The lowest BCUT2D eigenvalue weighted by Crippen LogP contribution is -2.25. The molecule has 0 fully saturated rings. The molecule has 2 rings (SSSR count). The number of aliphatic hydroxyl groups is 2. The zero-order valence-corrected chi connectivity index (χ0v) is 27.6. The van der Waals surface area contributed by atoms with Gasteiger partial charge in [-0.1, -0.05) is 39.2 Å². The topological polar surface area (TPSA) is 77.4 Å². The highest BCUT2D eigenvalue weighted by Gasteiger charge is 2.35. The summed E-state index contributed by atoms with van der Waals surface area (Å²) in [6.45, 7) is 15.6. The predicted molar refractivity (Wildman–Crippen MR) is 162 cm³/mol. The van der Waals surface area contributed by atoms with Crippen LogP contribution in [0.5, 0.6) is 23.0 Å². The van der Waals surface area contributed by atoms with Crippen molar-refractivity contribution < 1.29 is 29.2 Å². The van der Waals surface area contributed by atoms with Gasteiger partial charge in [0, 0.05) is 16.5 Å². The molecule has 2 aromatic carbocycles. The second kappa shape index (κ2) is 14.4. The van der Waals surface area contributed by atoms with Crippen molar-refractivity contribution in [3.05, 3.63) is 66.5 Å². The van der Waals surface area contributed by atoms with Crippen molar-refractivity contribution in [1.82, 2.24) is 0 Å². The van der Waals surface area contributed by atoms with Crippen molar-refractivity contribution in [2.24, 2.45) is 0 Å². The predicted octanol–water partition coefficient (Wildman–Crippen LogP) is 7.71.